The number of likely N-dealkylation sites (N-methyl/N-ethyl adjacent to an activating group) is 1. The summed E-state index contributed by atoms with van der Waals surface area (Å²) in [6, 6.07) is 1.61. The zero-order chi connectivity index (χ0) is 10.0. The molecule has 13 heavy (non-hydrogen) atoms. The predicted molar refractivity (Wildman–Crippen MR) is 57.7 cm³/mol. The Bertz CT molecular complexity index is 156. The Morgan fingerprint density at radius 1 is 1.31 bits per heavy atom. The van der Waals surface area contributed by atoms with Gasteiger partial charge in [-0.1, -0.05) is 6.92 Å². The van der Waals surface area contributed by atoms with Crippen LogP contribution < -0.4 is 5.73 Å². The number of nitrogens with zero attached hydrogens (tertiary/aromatic N) is 1. The number of rotatable bonds is 2. The van der Waals surface area contributed by atoms with Crippen molar-refractivity contribution in [3.05, 3.63) is 0 Å². The minimum Gasteiger partial charge on any atom is -0.326 e. The van der Waals surface area contributed by atoms with E-state index in [-0.39, 0.29) is 0 Å². The van der Waals surface area contributed by atoms with Gasteiger partial charge in [-0.2, -0.15) is 0 Å². The highest BCUT2D eigenvalue weighted by Crippen LogP contribution is 2.26. The average Bonchev–Trinajstić information content (AvgIpc) is 2.08. The molecule has 1 aliphatic rings. The molecule has 0 aromatic rings. The zero-order valence-electron chi connectivity index (χ0n) is 9.46. The van der Waals surface area contributed by atoms with Gasteiger partial charge in [-0.25, -0.2) is 0 Å². The third-order valence-electron chi connectivity index (χ3n) is 3.47. The van der Waals surface area contributed by atoms with Crippen molar-refractivity contribution in [3.8, 4) is 0 Å². The van der Waals surface area contributed by atoms with Crippen LogP contribution in [0.3, 0.4) is 0 Å². The number of hydrogen-bond donors (Lipinski definition) is 1. The van der Waals surface area contributed by atoms with Crippen LogP contribution in [0.25, 0.3) is 0 Å². The van der Waals surface area contributed by atoms with Gasteiger partial charge in [0.1, 0.15) is 0 Å². The van der Waals surface area contributed by atoms with Gasteiger partial charge >= 0.3 is 0 Å². The minimum absolute atomic E-state index is 0.392. The van der Waals surface area contributed by atoms with E-state index in [0.29, 0.717) is 18.1 Å². The Labute approximate surface area is 82.5 Å². The van der Waals surface area contributed by atoms with E-state index in [2.05, 4.69) is 32.7 Å². The summed E-state index contributed by atoms with van der Waals surface area (Å²) in [4.78, 5) is 2.43. The summed E-state index contributed by atoms with van der Waals surface area (Å²) in [6.07, 6.45) is 3.78. The van der Waals surface area contributed by atoms with Crippen LogP contribution in [-0.2, 0) is 0 Å². The molecule has 0 radical (unpaired) electrons. The molecule has 0 aromatic heterocycles. The average molecular weight is 184 g/mol. The molecular weight excluding hydrogens is 160 g/mol. The lowest BCUT2D eigenvalue weighted by Crippen LogP contribution is -2.51. The van der Waals surface area contributed by atoms with Crippen LogP contribution in [0.2, 0.25) is 0 Å². The Morgan fingerprint density at radius 3 is 2.46 bits per heavy atom. The topological polar surface area (TPSA) is 29.3 Å². The molecule has 1 saturated carbocycles. The lowest BCUT2D eigenvalue weighted by Gasteiger charge is -2.40. The summed E-state index contributed by atoms with van der Waals surface area (Å²) in [6.45, 7) is 6.82. The van der Waals surface area contributed by atoms with Gasteiger partial charge in [0.15, 0.2) is 0 Å². The van der Waals surface area contributed by atoms with E-state index in [1.54, 1.807) is 0 Å². The maximum atomic E-state index is 6.14. The maximum absolute atomic E-state index is 6.14. The van der Waals surface area contributed by atoms with Crippen LogP contribution in [0.5, 0.6) is 0 Å². The fourth-order valence-electron chi connectivity index (χ4n) is 2.23. The minimum atomic E-state index is 0.392. The standard InChI is InChI=1S/C11H24N2/c1-8(2)13(4)11-7-9(3)5-6-10(11)12/h8-11H,5-7,12H2,1-4H3. The van der Waals surface area contributed by atoms with E-state index in [9.17, 15) is 0 Å². The van der Waals surface area contributed by atoms with E-state index in [1.807, 2.05) is 0 Å². The second kappa shape index (κ2) is 4.43. The van der Waals surface area contributed by atoms with Gasteiger partial charge in [0.2, 0.25) is 0 Å². The molecule has 0 saturated heterocycles. The molecule has 0 heterocycles. The first kappa shape index (κ1) is 11.0. The Kier molecular flexibility index (Phi) is 3.74. The normalized spacial score (nSPS) is 35.8. The van der Waals surface area contributed by atoms with Crippen molar-refractivity contribution in [1.82, 2.24) is 4.90 Å². The third kappa shape index (κ3) is 2.68. The second-order valence-electron chi connectivity index (χ2n) is 4.91. The third-order valence-corrected chi connectivity index (χ3v) is 3.47. The zero-order valence-corrected chi connectivity index (χ0v) is 9.46. The second-order valence-corrected chi connectivity index (χ2v) is 4.91. The van der Waals surface area contributed by atoms with Crippen LogP contribution in [0.15, 0.2) is 0 Å². The molecular formula is C11H24N2. The van der Waals surface area contributed by atoms with Crippen LogP contribution >= 0.6 is 0 Å². The summed E-state index contributed by atoms with van der Waals surface area (Å²) < 4.78 is 0. The molecule has 3 unspecified atom stereocenters. The number of nitrogens with two attached hydrogens (primary N) is 1. The van der Waals surface area contributed by atoms with E-state index in [4.69, 9.17) is 5.73 Å². The highest BCUT2D eigenvalue weighted by Gasteiger charge is 2.29. The Balaban J connectivity index is 2.54. The van der Waals surface area contributed by atoms with Crippen molar-refractivity contribution in [3.63, 3.8) is 0 Å². The smallest absolute Gasteiger partial charge is 0.0249 e. The van der Waals surface area contributed by atoms with Gasteiger partial charge < -0.3 is 5.73 Å². The molecule has 3 atom stereocenters. The monoisotopic (exact) mass is 184 g/mol. The lowest BCUT2D eigenvalue weighted by atomic mass is 9.83. The quantitative estimate of drug-likeness (QED) is 0.709. The van der Waals surface area contributed by atoms with E-state index < -0.39 is 0 Å². The fraction of sp³-hybridized carbons (Fsp3) is 1.00. The van der Waals surface area contributed by atoms with E-state index >= 15 is 0 Å². The van der Waals surface area contributed by atoms with Crippen molar-refractivity contribution in [2.75, 3.05) is 7.05 Å². The van der Waals surface area contributed by atoms with Gasteiger partial charge in [0.05, 0.1) is 0 Å². The first-order chi connectivity index (χ1) is 6.02. The highest BCUT2D eigenvalue weighted by atomic mass is 15.2. The molecule has 0 bridgehead atoms. The molecule has 2 heteroatoms. The highest BCUT2D eigenvalue weighted by molar-refractivity contribution is 4.88. The molecule has 2 N–H and O–H groups in total. The number of hydrogen-bond acceptors (Lipinski definition) is 2. The Morgan fingerprint density at radius 2 is 1.92 bits per heavy atom. The first-order valence-corrected chi connectivity index (χ1v) is 5.50. The molecule has 0 amide bonds. The molecule has 0 aromatic carbocycles. The summed E-state index contributed by atoms with van der Waals surface area (Å²) >= 11 is 0. The fourth-order valence-corrected chi connectivity index (χ4v) is 2.23. The van der Waals surface area contributed by atoms with Crippen molar-refractivity contribution in [1.29, 1.82) is 0 Å². The van der Waals surface area contributed by atoms with Crippen LogP contribution in [0.1, 0.15) is 40.0 Å². The molecule has 0 aliphatic heterocycles. The van der Waals surface area contributed by atoms with Gasteiger partial charge in [-0.05, 0) is 46.1 Å². The molecule has 1 fully saturated rings. The van der Waals surface area contributed by atoms with Gasteiger partial charge in [-0.15, -0.1) is 0 Å². The summed E-state index contributed by atoms with van der Waals surface area (Å²) in [5, 5.41) is 0. The van der Waals surface area contributed by atoms with Crippen LogP contribution in [0, 0.1) is 5.92 Å². The van der Waals surface area contributed by atoms with Crippen LogP contribution in [-0.4, -0.2) is 30.1 Å². The van der Waals surface area contributed by atoms with Crippen molar-refractivity contribution in [2.45, 2.75) is 58.2 Å². The van der Waals surface area contributed by atoms with Gasteiger partial charge in [0, 0.05) is 18.1 Å². The molecule has 2 nitrogen and oxygen atoms in total. The summed E-state index contributed by atoms with van der Waals surface area (Å²) in [5.41, 5.74) is 6.14. The largest absolute Gasteiger partial charge is 0.326 e. The Hall–Kier alpha value is -0.0800. The maximum Gasteiger partial charge on any atom is 0.0249 e. The summed E-state index contributed by atoms with van der Waals surface area (Å²) in [5.74, 6) is 0.853. The van der Waals surface area contributed by atoms with Crippen LogP contribution in [0.4, 0.5) is 0 Å². The van der Waals surface area contributed by atoms with Crippen molar-refractivity contribution >= 4 is 0 Å². The van der Waals surface area contributed by atoms with Crippen molar-refractivity contribution in [2.24, 2.45) is 11.7 Å². The van der Waals surface area contributed by atoms with E-state index in [0.717, 1.165) is 5.92 Å². The van der Waals surface area contributed by atoms with Gasteiger partial charge in [-0.3, -0.25) is 4.90 Å². The molecule has 1 rings (SSSR count). The molecule has 1 aliphatic carbocycles. The lowest BCUT2D eigenvalue weighted by molar-refractivity contribution is 0.115. The SMILES string of the molecule is CC1CCC(N)C(N(C)C(C)C)C1. The van der Waals surface area contributed by atoms with E-state index in [1.165, 1.54) is 19.3 Å². The summed E-state index contributed by atoms with van der Waals surface area (Å²) in [7, 11) is 2.20. The first-order valence-electron chi connectivity index (χ1n) is 5.50. The predicted octanol–water partition coefficient (Wildman–Crippen LogP) is 1.84. The molecule has 0 spiro atoms. The van der Waals surface area contributed by atoms with Gasteiger partial charge in [0.25, 0.3) is 0 Å². The van der Waals surface area contributed by atoms with Crippen molar-refractivity contribution < 1.29 is 0 Å². The molecule has 78 valence electrons.